The molecule has 7 nitrogen and oxygen atoms in total. The maximum atomic E-state index is 14.0. The van der Waals surface area contributed by atoms with Gasteiger partial charge in [-0.1, -0.05) is 73.5 Å². The minimum atomic E-state index is -4.08. The molecule has 0 spiro atoms. The van der Waals surface area contributed by atoms with Crippen molar-refractivity contribution in [1.29, 1.82) is 0 Å². The maximum Gasteiger partial charge on any atom is 0.244 e. The summed E-state index contributed by atoms with van der Waals surface area (Å²) < 4.78 is 53.8. The van der Waals surface area contributed by atoms with Crippen LogP contribution in [0.1, 0.15) is 36.5 Å². The average molecular weight is 572 g/mol. The number of anilines is 1. The van der Waals surface area contributed by atoms with Gasteiger partial charge in [-0.25, -0.2) is 17.2 Å². The molecule has 0 aliphatic heterocycles. The van der Waals surface area contributed by atoms with Crippen LogP contribution in [-0.4, -0.2) is 50.5 Å². The molecular formula is C30H35F2N3O4S. The van der Waals surface area contributed by atoms with Gasteiger partial charge in [0.15, 0.2) is 11.6 Å². The second-order valence-electron chi connectivity index (χ2n) is 9.73. The Morgan fingerprint density at radius 2 is 1.62 bits per heavy atom. The highest BCUT2D eigenvalue weighted by atomic mass is 32.2. The van der Waals surface area contributed by atoms with Crippen LogP contribution in [0.2, 0.25) is 0 Å². The normalized spacial score (nSPS) is 12.0. The van der Waals surface area contributed by atoms with E-state index >= 15 is 0 Å². The van der Waals surface area contributed by atoms with Crippen LogP contribution in [0.25, 0.3) is 0 Å². The van der Waals surface area contributed by atoms with Gasteiger partial charge >= 0.3 is 0 Å². The lowest BCUT2D eigenvalue weighted by atomic mass is 10.0. The number of aryl methyl sites for hydroxylation is 1. The highest BCUT2D eigenvalue weighted by Gasteiger charge is 2.33. The van der Waals surface area contributed by atoms with E-state index in [4.69, 9.17) is 0 Å². The Labute approximate surface area is 234 Å². The second-order valence-corrected chi connectivity index (χ2v) is 11.6. The first-order valence-electron chi connectivity index (χ1n) is 13.1. The standard InChI is InChI=1S/C30H35F2N3O4S/c1-4-5-16-33-30(37)28(18-23-11-7-6-8-12-23)34(20-24-13-9-10-22(2)17-24)29(36)21-35(40(3,38)39)25-14-15-26(31)27(32)19-25/h6-15,17,19,28H,4-5,16,18,20-21H2,1-3H3,(H,33,37)/t28-/m0/s1. The lowest BCUT2D eigenvalue weighted by molar-refractivity contribution is -0.140. The quantitative estimate of drug-likeness (QED) is 0.304. The van der Waals surface area contributed by atoms with E-state index in [1.807, 2.05) is 68.4 Å². The number of carbonyl (C=O) groups excluding carboxylic acids is 2. The molecular weight excluding hydrogens is 536 g/mol. The molecule has 3 aromatic carbocycles. The number of halogens is 2. The van der Waals surface area contributed by atoms with Crippen molar-refractivity contribution in [3.05, 3.63) is 101 Å². The molecule has 0 bridgehead atoms. The Kier molecular flexibility index (Phi) is 10.8. The van der Waals surface area contributed by atoms with Crippen LogP contribution in [0.3, 0.4) is 0 Å². The van der Waals surface area contributed by atoms with Crippen LogP contribution >= 0.6 is 0 Å². The van der Waals surface area contributed by atoms with Crippen LogP contribution in [-0.2, 0) is 32.6 Å². The van der Waals surface area contributed by atoms with Gasteiger partial charge in [-0.05, 0) is 36.6 Å². The summed E-state index contributed by atoms with van der Waals surface area (Å²) in [5.41, 5.74) is 2.33. The molecule has 0 aliphatic rings. The summed E-state index contributed by atoms with van der Waals surface area (Å²) in [6.45, 7) is 3.66. The first-order valence-corrected chi connectivity index (χ1v) is 14.9. The van der Waals surface area contributed by atoms with Gasteiger partial charge in [-0.15, -0.1) is 0 Å². The fraction of sp³-hybridized carbons (Fsp3) is 0.333. The van der Waals surface area contributed by atoms with Crippen LogP contribution < -0.4 is 9.62 Å². The van der Waals surface area contributed by atoms with Crippen molar-refractivity contribution in [3.63, 3.8) is 0 Å². The molecule has 0 saturated carbocycles. The third-order valence-electron chi connectivity index (χ3n) is 6.41. The zero-order valence-electron chi connectivity index (χ0n) is 22.9. The summed E-state index contributed by atoms with van der Waals surface area (Å²) in [4.78, 5) is 28.8. The summed E-state index contributed by atoms with van der Waals surface area (Å²) in [6, 6.07) is 18.3. The number of benzene rings is 3. The van der Waals surface area contributed by atoms with Crippen LogP contribution in [0.4, 0.5) is 14.5 Å². The highest BCUT2D eigenvalue weighted by molar-refractivity contribution is 7.92. The Balaban J connectivity index is 2.04. The Hall–Kier alpha value is -3.79. The minimum Gasteiger partial charge on any atom is -0.354 e. The predicted octanol–water partition coefficient (Wildman–Crippen LogP) is 4.60. The van der Waals surface area contributed by atoms with Crippen molar-refractivity contribution in [3.8, 4) is 0 Å². The SMILES string of the molecule is CCCCNC(=O)[C@H](Cc1ccccc1)N(Cc1cccc(C)c1)C(=O)CN(c1ccc(F)c(F)c1)S(C)(=O)=O. The Morgan fingerprint density at radius 1 is 0.925 bits per heavy atom. The molecule has 0 aliphatic carbocycles. The molecule has 10 heteroatoms. The van der Waals surface area contributed by atoms with Gasteiger partial charge in [0.2, 0.25) is 21.8 Å². The third-order valence-corrected chi connectivity index (χ3v) is 7.55. The van der Waals surface area contributed by atoms with Crippen molar-refractivity contribution < 1.29 is 26.8 Å². The summed E-state index contributed by atoms with van der Waals surface area (Å²) in [5.74, 6) is -3.41. The number of unbranched alkanes of at least 4 members (excludes halogenated alkanes) is 1. The topological polar surface area (TPSA) is 86.8 Å². The number of nitrogens with one attached hydrogen (secondary N) is 1. The molecule has 40 heavy (non-hydrogen) atoms. The molecule has 0 saturated heterocycles. The van der Waals surface area contributed by atoms with E-state index in [1.54, 1.807) is 0 Å². The summed E-state index contributed by atoms with van der Waals surface area (Å²) in [7, 11) is -4.08. The molecule has 0 radical (unpaired) electrons. The fourth-order valence-electron chi connectivity index (χ4n) is 4.32. The first kappa shape index (κ1) is 30.7. The second kappa shape index (κ2) is 14.0. The molecule has 1 N–H and O–H groups in total. The van der Waals surface area contributed by atoms with Gasteiger partial charge in [0.05, 0.1) is 11.9 Å². The maximum absolute atomic E-state index is 14.0. The number of hydrogen-bond donors (Lipinski definition) is 1. The van der Waals surface area contributed by atoms with E-state index in [9.17, 15) is 26.8 Å². The van der Waals surface area contributed by atoms with Crippen molar-refractivity contribution in [2.45, 2.75) is 45.7 Å². The van der Waals surface area contributed by atoms with Crippen LogP contribution in [0, 0.1) is 18.6 Å². The average Bonchev–Trinajstić information content (AvgIpc) is 2.91. The molecule has 3 aromatic rings. The lowest BCUT2D eigenvalue weighted by Crippen LogP contribution is -2.53. The Morgan fingerprint density at radius 3 is 2.25 bits per heavy atom. The number of hydrogen-bond acceptors (Lipinski definition) is 4. The fourth-order valence-corrected chi connectivity index (χ4v) is 5.16. The van der Waals surface area contributed by atoms with Crippen molar-refractivity contribution in [2.24, 2.45) is 0 Å². The van der Waals surface area contributed by atoms with Crippen LogP contribution in [0.5, 0.6) is 0 Å². The number of nitrogens with zero attached hydrogens (tertiary/aromatic N) is 2. The van der Waals surface area contributed by atoms with E-state index in [2.05, 4.69) is 5.32 Å². The van der Waals surface area contributed by atoms with Gasteiger partial charge < -0.3 is 10.2 Å². The summed E-state index contributed by atoms with van der Waals surface area (Å²) in [6.07, 6.45) is 2.70. The van der Waals surface area contributed by atoms with Gasteiger partial charge in [0.25, 0.3) is 0 Å². The molecule has 3 rings (SSSR count). The van der Waals surface area contributed by atoms with Crippen molar-refractivity contribution in [2.75, 3.05) is 23.7 Å². The van der Waals surface area contributed by atoms with Crippen molar-refractivity contribution in [1.82, 2.24) is 10.2 Å². The van der Waals surface area contributed by atoms with E-state index in [0.717, 1.165) is 58.3 Å². The summed E-state index contributed by atoms with van der Waals surface area (Å²) in [5, 5.41) is 2.91. The molecule has 0 heterocycles. The molecule has 2 amide bonds. The Bertz CT molecular complexity index is 1420. The zero-order chi connectivity index (χ0) is 29.3. The van der Waals surface area contributed by atoms with Gasteiger partial charge in [0, 0.05) is 25.6 Å². The monoisotopic (exact) mass is 571 g/mol. The zero-order valence-corrected chi connectivity index (χ0v) is 23.8. The highest BCUT2D eigenvalue weighted by Crippen LogP contribution is 2.22. The van der Waals surface area contributed by atoms with E-state index < -0.39 is 40.2 Å². The van der Waals surface area contributed by atoms with E-state index in [-0.39, 0.29) is 24.6 Å². The smallest absolute Gasteiger partial charge is 0.244 e. The number of carbonyl (C=O) groups is 2. The minimum absolute atomic E-state index is 0.0363. The van der Waals surface area contributed by atoms with E-state index in [0.29, 0.717) is 6.54 Å². The summed E-state index contributed by atoms with van der Waals surface area (Å²) >= 11 is 0. The van der Waals surface area contributed by atoms with E-state index in [1.165, 1.54) is 4.90 Å². The predicted molar refractivity (Wildman–Crippen MR) is 152 cm³/mol. The number of rotatable bonds is 13. The molecule has 1 atom stereocenters. The first-order chi connectivity index (χ1) is 19.0. The van der Waals surface area contributed by atoms with Crippen molar-refractivity contribution >= 4 is 27.5 Å². The molecule has 0 unspecified atom stereocenters. The third kappa shape index (κ3) is 8.61. The molecule has 214 valence electrons. The van der Waals surface area contributed by atoms with Gasteiger partial charge in [-0.2, -0.15) is 0 Å². The van der Waals surface area contributed by atoms with Crippen LogP contribution in [0.15, 0.2) is 72.8 Å². The molecule has 0 aromatic heterocycles. The van der Waals surface area contributed by atoms with Gasteiger partial charge in [0.1, 0.15) is 12.6 Å². The molecule has 0 fully saturated rings. The lowest BCUT2D eigenvalue weighted by Gasteiger charge is -2.33. The number of sulfonamides is 1. The number of amides is 2. The van der Waals surface area contributed by atoms with Gasteiger partial charge in [-0.3, -0.25) is 13.9 Å². The largest absolute Gasteiger partial charge is 0.354 e.